The summed E-state index contributed by atoms with van der Waals surface area (Å²) in [5.74, 6) is 0.975. The molecule has 0 fully saturated rings. The van der Waals surface area contributed by atoms with Crippen LogP contribution in [0.15, 0.2) is 59.5 Å². The van der Waals surface area contributed by atoms with E-state index in [0.717, 1.165) is 11.3 Å². The van der Waals surface area contributed by atoms with E-state index >= 15 is 0 Å². The van der Waals surface area contributed by atoms with Crippen LogP contribution < -0.4 is 0 Å². The zero-order valence-electron chi connectivity index (χ0n) is 10.8. The summed E-state index contributed by atoms with van der Waals surface area (Å²) in [6, 6.07) is 18.6. The molecule has 0 unspecified atom stereocenters. The average Bonchev–Trinajstić information content (AvgIpc) is 2.37. The SMILES string of the molecule is CC(C)(O)c1ccc(SCc2ccccc2)cc1. The normalized spacial score (nSPS) is 11.5. The van der Waals surface area contributed by atoms with Crippen LogP contribution in [-0.2, 0) is 11.4 Å². The molecule has 0 heterocycles. The van der Waals surface area contributed by atoms with Crippen LogP contribution >= 0.6 is 11.8 Å². The van der Waals surface area contributed by atoms with Crippen LogP contribution in [0.4, 0.5) is 0 Å². The molecule has 0 aliphatic carbocycles. The van der Waals surface area contributed by atoms with E-state index in [-0.39, 0.29) is 0 Å². The first-order valence-electron chi connectivity index (χ1n) is 6.05. The van der Waals surface area contributed by atoms with Crippen molar-refractivity contribution in [3.05, 3.63) is 65.7 Å². The van der Waals surface area contributed by atoms with Crippen LogP contribution in [0, 0.1) is 0 Å². The Morgan fingerprint density at radius 3 is 2.11 bits per heavy atom. The van der Waals surface area contributed by atoms with E-state index in [4.69, 9.17) is 0 Å². The maximum Gasteiger partial charge on any atom is 0.0840 e. The highest BCUT2D eigenvalue weighted by Gasteiger charge is 2.14. The lowest BCUT2D eigenvalue weighted by molar-refractivity contribution is 0.0785. The van der Waals surface area contributed by atoms with Gasteiger partial charge >= 0.3 is 0 Å². The molecule has 1 nitrogen and oxygen atoms in total. The lowest BCUT2D eigenvalue weighted by Crippen LogP contribution is -2.14. The number of aliphatic hydroxyl groups is 1. The third kappa shape index (κ3) is 3.62. The van der Waals surface area contributed by atoms with Crippen molar-refractivity contribution in [2.24, 2.45) is 0 Å². The fraction of sp³-hybridized carbons (Fsp3) is 0.250. The van der Waals surface area contributed by atoms with Gasteiger partial charge in [0.2, 0.25) is 0 Å². The summed E-state index contributed by atoms with van der Waals surface area (Å²) in [5, 5.41) is 9.88. The third-order valence-corrected chi connectivity index (χ3v) is 3.89. The molecule has 94 valence electrons. The van der Waals surface area contributed by atoms with E-state index in [0.29, 0.717) is 0 Å². The Bertz CT molecular complexity index is 483. The van der Waals surface area contributed by atoms with Gasteiger partial charge in [-0.3, -0.25) is 0 Å². The fourth-order valence-electron chi connectivity index (χ4n) is 1.70. The van der Waals surface area contributed by atoms with Gasteiger partial charge in [-0.2, -0.15) is 0 Å². The minimum Gasteiger partial charge on any atom is -0.386 e. The lowest BCUT2D eigenvalue weighted by atomic mass is 9.99. The van der Waals surface area contributed by atoms with Gasteiger partial charge in [-0.1, -0.05) is 42.5 Å². The van der Waals surface area contributed by atoms with Crippen molar-refractivity contribution >= 4 is 11.8 Å². The molecule has 0 saturated carbocycles. The van der Waals surface area contributed by atoms with Crippen LogP contribution in [0.2, 0.25) is 0 Å². The molecule has 0 amide bonds. The molecule has 2 rings (SSSR count). The molecule has 0 bridgehead atoms. The summed E-state index contributed by atoms with van der Waals surface area (Å²) in [6.07, 6.45) is 0. The molecule has 0 spiro atoms. The second kappa shape index (κ2) is 5.59. The number of rotatable bonds is 4. The Balaban J connectivity index is 1.99. The molecule has 0 saturated heterocycles. The van der Waals surface area contributed by atoms with Crippen LogP contribution in [0.25, 0.3) is 0 Å². The first kappa shape index (κ1) is 13.2. The van der Waals surface area contributed by atoms with Crippen molar-refractivity contribution in [2.75, 3.05) is 0 Å². The molecular formula is C16H18OS. The largest absolute Gasteiger partial charge is 0.386 e. The zero-order valence-corrected chi connectivity index (χ0v) is 11.6. The van der Waals surface area contributed by atoms with Crippen molar-refractivity contribution in [1.82, 2.24) is 0 Å². The number of hydrogen-bond acceptors (Lipinski definition) is 2. The molecule has 0 aliphatic heterocycles. The van der Waals surface area contributed by atoms with Gasteiger partial charge in [0.1, 0.15) is 0 Å². The first-order chi connectivity index (χ1) is 8.55. The molecule has 2 aromatic rings. The van der Waals surface area contributed by atoms with E-state index in [1.807, 2.05) is 30.0 Å². The van der Waals surface area contributed by atoms with Gasteiger partial charge in [0.25, 0.3) is 0 Å². The van der Waals surface area contributed by atoms with E-state index in [1.165, 1.54) is 10.5 Å². The summed E-state index contributed by atoms with van der Waals surface area (Å²) in [6.45, 7) is 3.61. The Morgan fingerprint density at radius 2 is 1.56 bits per heavy atom. The maximum absolute atomic E-state index is 9.88. The summed E-state index contributed by atoms with van der Waals surface area (Å²) in [4.78, 5) is 1.23. The summed E-state index contributed by atoms with van der Waals surface area (Å²) in [7, 11) is 0. The van der Waals surface area contributed by atoms with Gasteiger partial charge in [-0.05, 0) is 37.1 Å². The predicted molar refractivity (Wildman–Crippen MR) is 77.7 cm³/mol. The van der Waals surface area contributed by atoms with Gasteiger partial charge in [-0.25, -0.2) is 0 Å². The predicted octanol–water partition coefficient (Wildman–Crippen LogP) is 4.21. The molecule has 2 aromatic carbocycles. The molecule has 0 atom stereocenters. The van der Waals surface area contributed by atoms with E-state index in [1.54, 1.807) is 13.8 Å². The highest BCUT2D eigenvalue weighted by molar-refractivity contribution is 7.98. The summed E-state index contributed by atoms with van der Waals surface area (Å²) >= 11 is 1.81. The minimum absolute atomic E-state index is 0.761. The Labute approximate surface area is 113 Å². The molecule has 18 heavy (non-hydrogen) atoms. The van der Waals surface area contributed by atoms with Crippen molar-refractivity contribution in [3.63, 3.8) is 0 Å². The fourth-order valence-corrected chi connectivity index (χ4v) is 2.55. The van der Waals surface area contributed by atoms with Crippen molar-refractivity contribution in [3.8, 4) is 0 Å². The van der Waals surface area contributed by atoms with E-state index in [2.05, 4.69) is 36.4 Å². The molecule has 2 heteroatoms. The van der Waals surface area contributed by atoms with E-state index < -0.39 is 5.60 Å². The monoisotopic (exact) mass is 258 g/mol. The summed E-state index contributed by atoms with van der Waals surface area (Å²) in [5.41, 5.74) is 1.52. The Hall–Kier alpha value is -1.25. The standard InChI is InChI=1S/C16H18OS/c1-16(2,17)14-8-10-15(11-9-14)18-12-13-6-4-3-5-7-13/h3-11,17H,12H2,1-2H3. The molecule has 0 aromatic heterocycles. The molecule has 0 radical (unpaired) electrons. The summed E-state index contributed by atoms with van der Waals surface area (Å²) < 4.78 is 0. The highest BCUT2D eigenvalue weighted by atomic mass is 32.2. The zero-order chi connectivity index (χ0) is 13.0. The quantitative estimate of drug-likeness (QED) is 0.829. The topological polar surface area (TPSA) is 20.2 Å². The van der Waals surface area contributed by atoms with E-state index in [9.17, 15) is 5.11 Å². The van der Waals surface area contributed by atoms with Crippen LogP contribution in [0.1, 0.15) is 25.0 Å². The van der Waals surface area contributed by atoms with Crippen molar-refractivity contribution < 1.29 is 5.11 Å². The highest BCUT2D eigenvalue weighted by Crippen LogP contribution is 2.26. The van der Waals surface area contributed by atoms with Gasteiger partial charge in [0, 0.05) is 10.6 Å². The smallest absolute Gasteiger partial charge is 0.0840 e. The Morgan fingerprint density at radius 1 is 0.944 bits per heavy atom. The van der Waals surface area contributed by atoms with Crippen LogP contribution in [0.5, 0.6) is 0 Å². The number of hydrogen-bond donors (Lipinski definition) is 1. The Kier molecular flexibility index (Phi) is 4.10. The molecular weight excluding hydrogens is 240 g/mol. The van der Waals surface area contributed by atoms with Gasteiger partial charge in [0.05, 0.1) is 5.60 Å². The molecule has 1 N–H and O–H groups in total. The third-order valence-electron chi connectivity index (χ3n) is 2.81. The average molecular weight is 258 g/mol. The minimum atomic E-state index is -0.761. The number of thioether (sulfide) groups is 1. The van der Waals surface area contributed by atoms with Crippen molar-refractivity contribution in [1.29, 1.82) is 0 Å². The second-order valence-electron chi connectivity index (χ2n) is 4.86. The van der Waals surface area contributed by atoms with Crippen LogP contribution in [-0.4, -0.2) is 5.11 Å². The first-order valence-corrected chi connectivity index (χ1v) is 7.04. The van der Waals surface area contributed by atoms with Gasteiger partial charge in [0.15, 0.2) is 0 Å². The van der Waals surface area contributed by atoms with Gasteiger partial charge < -0.3 is 5.11 Å². The van der Waals surface area contributed by atoms with Crippen LogP contribution in [0.3, 0.4) is 0 Å². The van der Waals surface area contributed by atoms with Gasteiger partial charge in [-0.15, -0.1) is 11.8 Å². The molecule has 0 aliphatic rings. The second-order valence-corrected chi connectivity index (χ2v) is 5.91. The number of benzene rings is 2. The van der Waals surface area contributed by atoms with Crippen molar-refractivity contribution in [2.45, 2.75) is 30.1 Å². The maximum atomic E-state index is 9.88. The lowest BCUT2D eigenvalue weighted by Gasteiger charge is -2.17.